The second-order valence-corrected chi connectivity index (χ2v) is 8.29. The molecule has 156 valence electrons. The van der Waals surface area contributed by atoms with Crippen LogP contribution in [0.25, 0.3) is 11.6 Å². The van der Waals surface area contributed by atoms with Gasteiger partial charge in [-0.3, -0.25) is 9.69 Å². The molecule has 2 saturated heterocycles. The van der Waals surface area contributed by atoms with Crippen LogP contribution in [0.3, 0.4) is 0 Å². The Labute approximate surface area is 171 Å². The summed E-state index contributed by atoms with van der Waals surface area (Å²) in [7, 11) is 0. The molecule has 0 unspecified atom stereocenters. The molecule has 2 aromatic heterocycles. The van der Waals surface area contributed by atoms with Crippen molar-refractivity contribution in [3.8, 4) is 11.6 Å². The Morgan fingerprint density at radius 3 is 2.72 bits per heavy atom. The Kier molecular flexibility index (Phi) is 5.80. The van der Waals surface area contributed by atoms with Gasteiger partial charge in [0.15, 0.2) is 5.82 Å². The van der Waals surface area contributed by atoms with Gasteiger partial charge in [0.05, 0.1) is 17.8 Å². The molecular formula is C21H30N6O2. The van der Waals surface area contributed by atoms with E-state index >= 15 is 0 Å². The molecule has 2 aliphatic rings. The summed E-state index contributed by atoms with van der Waals surface area (Å²) in [5.41, 5.74) is 1.70. The van der Waals surface area contributed by atoms with Gasteiger partial charge in [-0.2, -0.15) is 4.98 Å². The van der Waals surface area contributed by atoms with Crippen LogP contribution in [-0.2, 0) is 4.79 Å². The molecule has 4 heterocycles. The number of carbonyl (C=O) groups excluding carboxylic acids is 1. The van der Waals surface area contributed by atoms with Crippen molar-refractivity contribution >= 4 is 11.6 Å². The fourth-order valence-corrected chi connectivity index (χ4v) is 4.23. The topological polar surface area (TPSA) is 78.6 Å². The third-order valence-corrected chi connectivity index (χ3v) is 5.97. The van der Waals surface area contributed by atoms with Gasteiger partial charge in [0.1, 0.15) is 5.69 Å². The summed E-state index contributed by atoms with van der Waals surface area (Å²) in [5, 5.41) is 3.81. The summed E-state index contributed by atoms with van der Waals surface area (Å²) in [6, 6.07) is 4.45. The number of nitrogens with zero attached hydrogens (tertiary/aromatic N) is 6. The van der Waals surface area contributed by atoms with Gasteiger partial charge in [-0.05, 0) is 45.7 Å². The van der Waals surface area contributed by atoms with Crippen LogP contribution in [0.1, 0.15) is 32.5 Å². The first-order valence-electron chi connectivity index (χ1n) is 10.6. The number of hydrogen-bond acceptors (Lipinski definition) is 7. The summed E-state index contributed by atoms with van der Waals surface area (Å²) >= 11 is 0. The average molecular weight is 399 g/mol. The molecule has 1 amide bonds. The van der Waals surface area contributed by atoms with Crippen LogP contribution >= 0.6 is 0 Å². The van der Waals surface area contributed by atoms with E-state index in [0.717, 1.165) is 57.8 Å². The highest BCUT2D eigenvalue weighted by Gasteiger charge is 2.32. The maximum absolute atomic E-state index is 13.1. The maximum Gasteiger partial charge on any atom is 0.276 e. The second kappa shape index (κ2) is 8.49. The van der Waals surface area contributed by atoms with E-state index in [4.69, 9.17) is 4.52 Å². The van der Waals surface area contributed by atoms with Gasteiger partial charge in [0, 0.05) is 45.3 Å². The van der Waals surface area contributed by atoms with E-state index in [1.54, 1.807) is 6.92 Å². The number of amides is 1. The quantitative estimate of drug-likeness (QED) is 0.781. The minimum Gasteiger partial charge on any atom is -0.369 e. The molecule has 0 bridgehead atoms. The van der Waals surface area contributed by atoms with Crippen molar-refractivity contribution in [3.05, 3.63) is 24.2 Å². The molecule has 0 aliphatic carbocycles. The van der Waals surface area contributed by atoms with E-state index in [1.807, 2.05) is 18.3 Å². The zero-order valence-corrected chi connectivity index (χ0v) is 17.5. The lowest BCUT2D eigenvalue weighted by molar-refractivity contribution is -0.134. The van der Waals surface area contributed by atoms with Gasteiger partial charge in [0.25, 0.3) is 5.89 Å². The Morgan fingerprint density at radius 2 is 2.03 bits per heavy atom. The molecule has 0 N–H and O–H groups in total. The van der Waals surface area contributed by atoms with E-state index in [2.05, 4.69) is 43.7 Å². The first-order valence-corrected chi connectivity index (χ1v) is 10.6. The van der Waals surface area contributed by atoms with E-state index < -0.39 is 0 Å². The molecule has 2 fully saturated rings. The molecule has 2 aromatic rings. The van der Waals surface area contributed by atoms with Gasteiger partial charge in [0.2, 0.25) is 5.91 Å². The molecule has 0 aromatic carbocycles. The van der Waals surface area contributed by atoms with E-state index in [1.165, 1.54) is 0 Å². The minimum absolute atomic E-state index is 0.0684. The summed E-state index contributed by atoms with van der Waals surface area (Å²) < 4.78 is 5.17. The van der Waals surface area contributed by atoms with Crippen molar-refractivity contribution < 1.29 is 9.32 Å². The van der Waals surface area contributed by atoms with Gasteiger partial charge in [-0.25, -0.2) is 4.98 Å². The van der Waals surface area contributed by atoms with E-state index in [0.29, 0.717) is 29.4 Å². The zero-order valence-electron chi connectivity index (χ0n) is 17.5. The first-order chi connectivity index (χ1) is 14.0. The fraction of sp³-hybridized carbons (Fsp3) is 0.619. The average Bonchev–Trinajstić information content (AvgIpc) is 3.30. The lowest BCUT2D eigenvalue weighted by Crippen LogP contribution is -2.40. The summed E-state index contributed by atoms with van der Waals surface area (Å²) in [4.78, 5) is 28.6. The number of pyridine rings is 1. The number of anilines is 1. The van der Waals surface area contributed by atoms with Crippen LogP contribution in [0, 0.1) is 12.8 Å². The number of aryl methyl sites for hydroxylation is 1. The van der Waals surface area contributed by atoms with Crippen LogP contribution in [-0.4, -0.2) is 76.1 Å². The van der Waals surface area contributed by atoms with E-state index in [-0.39, 0.29) is 5.92 Å². The van der Waals surface area contributed by atoms with Gasteiger partial charge >= 0.3 is 0 Å². The fourth-order valence-electron chi connectivity index (χ4n) is 4.23. The molecule has 8 nitrogen and oxygen atoms in total. The Bertz CT molecular complexity index is 834. The predicted octanol–water partition coefficient (Wildman–Crippen LogP) is 2.21. The zero-order chi connectivity index (χ0) is 20.4. The van der Waals surface area contributed by atoms with E-state index in [9.17, 15) is 4.79 Å². The van der Waals surface area contributed by atoms with Crippen molar-refractivity contribution in [1.82, 2.24) is 24.9 Å². The van der Waals surface area contributed by atoms with Crippen molar-refractivity contribution in [2.24, 2.45) is 5.92 Å². The Hall–Kier alpha value is -2.48. The number of hydrogen-bond donors (Lipinski definition) is 0. The lowest BCUT2D eigenvalue weighted by atomic mass is 10.1. The van der Waals surface area contributed by atoms with Crippen LogP contribution in [0.2, 0.25) is 0 Å². The SMILES string of the molecule is Cc1noc(-c2ccc(N3CC[C@H](C(=O)N4CCCN(C(C)C)CC4)C3)cn2)n1. The minimum atomic E-state index is 0.0684. The lowest BCUT2D eigenvalue weighted by Gasteiger charge is -2.26. The molecule has 4 rings (SSSR count). The smallest absolute Gasteiger partial charge is 0.276 e. The number of rotatable bonds is 4. The molecule has 0 radical (unpaired) electrons. The third-order valence-electron chi connectivity index (χ3n) is 5.97. The van der Waals surface area contributed by atoms with Gasteiger partial charge in [-0.1, -0.05) is 5.16 Å². The normalized spacial score (nSPS) is 21.0. The Balaban J connectivity index is 1.35. The van der Waals surface area contributed by atoms with Crippen molar-refractivity contribution in [2.75, 3.05) is 44.2 Å². The molecule has 0 saturated carbocycles. The van der Waals surface area contributed by atoms with Crippen LogP contribution < -0.4 is 4.90 Å². The molecule has 2 aliphatic heterocycles. The van der Waals surface area contributed by atoms with Gasteiger partial charge < -0.3 is 14.3 Å². The summed E-state index contributed by atoms with van der Waals surface area (Å²) in [6.07, 6.45) is 3.78. The number of carbonyl (C=O) groups is 1. The van der Waals surface area contributed by atoms with Crippen molar-refractivity contribution in [3.63, 3.8) is 0 Å². The standard InChI is InChI=1S/C21H30N6O2/c1-15(2)25-8-4-9-26(12-11-25)21(28)17-7-10-27(14-17)18-5-6-19(22-13-18)20-23-16(3)24-29-20/h5-6,13,15,17H,4,7-12,14H2,1-3H3/t17-/m0/s1. The highest BCUT2D eigenvalue weighted by molar-refractivity contribution is 5.80. The van der Waals surface area contributed by atoms with Crippen LogP contribution in [0.5, 0.6) is 0 Å². The highest BCUT2D eigenvalue weighted by atomic mass is 16.5. The monoisotopic (exact) mass is 398 g/mol. The number of aromatic nitrogens is 3. The van der Waals surface area contributed by atoms with Crippen LogP contribution in [0.15, 0.2) is 22.9 Å². The molecule has 8 heteroatoms. The van der Waals surface area contributed by atoms with Crippen LogP contribution in [0.4, 0.5) is 5.69 Å². The van der Waals surface area contributed by atoms with Crippen molar-refractivity contribution in [2.45, 2.75) is 39.7 Å². The molecular weight excluding hydrogens is 368 g/mol. The molecule has 29 heavy (non-hydrogen) atoms. The largest absolute Gasteiger partial charge is 0.369 e. The molecule has 1 atom stereocenters. The second-order valence-electron chi connectivity index (χ2n) is 8.29. The first kappa shape index (κ1) is 19.8. The summed E-state index contributed by atoms with van der Waals surface area (Å²) in [6.45, 7) is 11.6. The maximum atomic E-state index is 13.1. The van der Waals surface area contributed by atoms with Crippen molar-refractivity contribution in [1.29, 1.82) is 0 Å². The third kappa shape index (κ3) is 4.42. The highest BCUT2D eigenvalue weighted by Crippen LogP contribution is 2.26. The Morgan fingerprint density at radius 1 is 1.17 bits per heavy atom. The van der Waals surface area contributed by atoms with Gasteiger partial charge in [-0.15, -0.1) is 0 Å². The molecule has 0 spiro atoms. The predicted molar refractivity (Wildman–Crippen MR) is 110 cm³/mol. The summed E-state index contributed by atoms with van der Waals surface area (Å²) in [5.74, 6) is 1.40.